The summed E-state index contributed by atoms with van der Waals surface area (Å²) >= 11 is 1.58. The van der Waals surface area contributed by atoms with Crippen LogP contribution >= 0.6 is 11.3 Å². The number of benzene rings is 3. The Hall–Kier alpha value is -5.99. The van der Waals surface area contributed by atoms with Crippen LogP contribution in [0.15, 0.2) is 78.7 Å². The molecule has 74 heavy (non-hydrogen) atoms. The van der Waals surface area contributed by atoms with Gasteiger partial charge in [0.25, 0.3) is 0 Å². The maximum absolute atomic E-state index is 14.0. The summed E-state index contributed by atoms with van der Waals surface area (Å²) in [6, 6.07) is 16.8. The molecule has 0 spiro atoms. The number of hydrogen-bond donors (Lipinski definition) is 4. The molecule has 4 N–H and O–H groups in total. The Labute approximate surface area is 437 Å². The fourth-order valence-electron chi connectivity index (χ4n) is 9.34. The summed E-state index contributed by atoms with van der Waals surface area (Å²) in [6.45, 7) is 17.9. The smallest absolute Gasteiger partial charge is 0.246 e. The Bertz CT molecular complexity index is 2830. The van der Waals surface area contributed by atoms with Gasteiger partial charge in [0.15, 0.2) is 0 Å². The lowest BCUT2D eigenvalue weighted by Crippen LogP contribution is -2.58. The number of aliphatic hydroxyl groups is 1. The van der Waals surface area contributed by atoms with Crippen LogP contribution in [0, 0.1) is 32.0 Å². The molecule has 1 saturated heterocycles. The number of thiazole rings is 1. The van der Waals surface area contributed by atoms with E-state index in [4.69, 9.17) is 23.9 Å². The highest BCUT2D eigenvalue weighted by Gasteiger charge is 2.44. The molecule has 3 amide bonds. The van der Waals surface area contributed by atoms with Crippen molar-refractivity contribution in [2.45, 2.75) is 92.1 Å². The van der Waals surface area contributed by atoms with E-state index in [9.17, 15) is 23.9 Å². The number of pyridine rings is 1. The Balaban J connectivity index is 0.733. The number of aliphatic hydroxyl groups excluding tert-OH is 1. The molecule has 396 valence electrons. The fraction of sp³-hybridized carbons (Fsp3) is 0.464. The van der Waals surface area contributed by atoms with Crippen LogP contribution in [0.4, 0.5) is 4.39 Å². The average molecular weight is 1040 g/mol. The number of β-amino-alcohol motifs (C(OH)–C–C–N with tert-alkyl or cyclic N) is 1. The number of ether oxygens (including phenoxy) is 4. The van der Waals surface area contributed by atoms with Gasteiger partial charge in [-0.15, -0.1) is 11.3 Å². The third-order valence-electron chi connectivity index (χ3n) is 13.1. The number of imidazole rings is 1. The van der Waals surface area contributed by atoms with Crippen LogP contribution in [0.1, 0.15) is 74.5 Å². The summed E-state index contributed by atoms with van der Waals surface area (Å²) in [7, 11) is 1.97. The van der Waals surface area contributed by atoms with Crippen LogP contribution in [0.2, 0.25) is 0 Å². The molecule has 18 heteroatoms. The minimum Gasteiger partial charge on any atom is -0.391 e. The van der Waals surface area contributed by atoms with Crippen LogP contribution in [-0.4, -0.2) is 131 Å². The van der Waals surface area contributed by atoms with E-state index >= 15 is 0 Å². The second kappa shape index (κ2) is 26.0. The van der Waals surface area contributed by atoms with Gasteiger partial charge in [0.2, 0.25) is 17.7 Å². The maximum atomic E-state index is 14.0. The molecule has 7 rings (SSSR count). The second-order valence-electron chi connectivity index (χ2n) is 19.9. The number of halogens is 1. The Morgan fingerprint density at radius 1 is 0.851 bits per heavy atom. The summed E-state index contributed by atoms with van der Waals surface area (Å²) in [4.78, 5) is 56.8. The second-order valence-corrected chi connectivity index (χ2v) is 20.8. The molecular weight excluding hydrogens is 964 g/mol. The molecule has 4 atom stereocenters. The zero-order valence-corrected chi connectivity index (χ0v) is 44.7. The summed E-state index contributed by atoms with van der Waals surface area (Å²) in [5.41, 5.74) is 11.9. The number of hydrogen-bond acceptors (Lipinski definition) is 13. The predicted octanol–water partition coefficient (Wildman–Crippen LogP) is 7.41. The number of likely N-dealkylation sites (tertiary alicyclic amines) is 1. The molecule has 0 bridgehead atoms. The van der Waals surface area contributed by atoms with Gasteiger partial charge in [-0.3, -0.25) is 19.4 Å². The van der Waals surface area contributed by atoms with Crippen LogP contribution in [0.3, 0.4) is 0 Å². The van der Waals surface area contributed by atoms with E-state index in [-0.39, 0.29) is 56.3 Å². The summed E-state index contributed by atoms with van der Waals surface area (Å²) in [6.07, 6.45) is 2.78. The molecule has 4 heterocycles. The van der Waals surface area contributed by atoms with Crippen molar-refractivity contribution in [1.82, 2.24) is 40.4 Å². The zero-order valence-electron chi connectivity index (χ0n) is 43.8. The normalized spacial score (nSPS) is 15.7. The van der Waals surface area contributed by atoms with Gasteiger partial charge in [0, 0.05) is 68.3 Å². The number of fused-ring (bicyclic) bond motifs is 1. The minimum atomic E-state index is -0.933. The van der Waals surface area contributed by atoms with Gasteiger partial charge in [0.05, 0.1) is 104 Å². The fourth-order valence-corrected chi connectivity index (χ4v) is 10.2. The van der Waals surface area contributed by atoms with E-state index in [2.05, 4.69) is 51.9 Å². The Morgan fingerprint density at radius 3 is 2.16 bits per heavy atom. The first-order chi connectivity index (χ1) is 35.5. The zero-order chi connectivity index (χ0) is 52.9. The van der Waals surface area contributed by atoms with Crippen LogP contribution in [-0.2, 0) is 46.9 Å². The minimum absolute atomic E-state index is 0.00857. The van der Waals surface area contributed by atoms with E-state index in [1.54, 1.807) is 23.6 Å². The predicted molar refractivity (Wildman–Crippen MR) is 285 cm³/mol. The summed E-state index contributed by atoms with van der Waals surface area (Å²) < 4.78 is 38.7. The number of aromatic nitrogens is 4. The molecule has 1 fully saturated rings. The third-order valence-corrected chi connectivity index (χ3v) is 14.1. The van der Waals surface area contributed by atoms with Gasteiger partial charge < -0.3 is 49.5 Å². The molecule has 1 aliphatic rings. The highest BCUT2D eigenvalue weighted by molar-refractivity contribution is 7.13. The number of rotatable bonds is 25. The molecule has 0 radical (unpaired) electrons. The molecule has 16 nitrogen and oxygen atoms in total. The van der Waals surface area contributed by atoms with E-state index in [1.165, 1.54) is 17.0 Å². The number of amides is 3. The first-order valence-corrected chi connectivity index (χ1v) is 26.1. The summed E-state index contributed by atoms with van der Waals surface area (Å²) in [5, 5.41) is 20.9. The Kier molecular flexibility index (Phi) is 19.6. The molecule has 6 aromatic rings. The van der Waals surface area contributed by atoms with Crippen molar-refractivity contribution >= 4 is 40.0 Å². The van der Waals surface area contributed by atoms with Crippen molar-refractivity contribution in [1.29, 1.82) is 0 Å². The highest BCUT2D eigenvalue weighted by atomic mass is 32.1. The molecular formula is C56H71FN8O8S. The van der Waals surface area contributed by atoms with Gasteiger partial charge in [-0.1, -0.05) is 57.2 Å². The number of nitrogens with zero attached hydrogens (tertiary/aromatic N) is 5. The van der Waals surface area contributed by atoms with Crippen LogP contribution < -0.4 is 16.0 Å². The van der Waals surface area contributed by atoms with Crippen molar-refractivity contribution in [3.8, 4) is 33.0 Å². The van der Waals surface area contributed by atoms with Gasteiger partial charge in [-0.25, -0.2) is 14.4 Å². The molecule has 3 aromatic carbocycles. The van der Waals surface area contributed by atoms with Crippen molar-refractivity contribution in [2.24, 2.45) is 12.5 Å². The van der Waals surface area contributed by atoms with Crippen LogP contribution in [0.25, 0.3) is 43.9 Å². The SMILES string of the molecule is Cc1cc(CNCCOCCOCCOCCOCCC(=O)N[C@H](C(=O)N2C[C@H](O)C[C@H]2C(=O)N[C@@H](C)c2ccc(-c3scnc3C)cc2)C(C)(C)C)cc(C)c1-c1ncn(C)c1-c1ccnc2cc(F)ccc12. The van der Waals surface area contributed by atoms with Crippen LogP contribution in [0.5, 0.6) is 0 Å². The third kappa shape index (κ3) is 14.4. The first kappa shape index (κ1) is 55.8. The number of aryl methyl sites for hydroxylation is 4. The van der Waals surface area contributed by atoms with Gasteiger partial charge in [-0.2, -0.15) is 0 Å². The lowest BCUT2D eigenvalue weighted by atomic mass is 9.85. The van der Waals surface area contributed by atoms with E-state index < -0.39 is 29.5 Å². The number of carbonyl (C=O) groups is 3. The topological polar surface area (TPSA) is 191 Å². The van der Waals surface area contributed by atoms with E-state index in [1.807, 2.05) is 88.4 Å². The van der Waals surface area contributed by atoms with Crippen molar-refractivity contribution < 1.29 is 42.8 Å². The van der Waals surface area contributed by atoms with Gasteiger partial charge in [0.1, 0.15) is 17.9 Å². The molecule has 1 aliphatic heterocycles. The molecule has 0 saturated carbocycles. The van der Waals surface area contributed by atoms with E-state index in [0.717, 1.165) is 66.3 Å². The highest BCUT2D eigenvalue weighted by Crippen LogP contribution is 2.38. The van der Waals surface area contributed by atoms with E-state index in [0.29, 0.717) is 58.2 Å². The quantitative estimate of drug-likeness (QED) is 0.0416. The Morgan fingerprint density at radius 2 is 1.51 bits per heavy atom. The monoisotopic (exact) mass is 1030 g/mol. The summed E-state index contributed by atoms with van der Waals surface area (Å²) in [5.74, 6) is -1.46. The van der Waals surface area contributed by atoms with Crippen molar-refractivity contribution in [3.05, 3.63) is 112 Å². The largest absolute Gasteiger partial charge is 0.391 e. The van der Waals surface area contributed by atoms with Gasteiger partial charge >= 0.3 is 0 Å². The molecule has 0 unspecified atom stereocenters. The maximum Gasteiger partial charge on any atom is 0.246 e. The number of nitrogens with one attached hydrogen (secondary N) is 3. The van der Waals surface area contributed by atoms with Crippen molar-refractivity contribution in [2.75, 3.05) is 65.9 Å². The first-order valence-electron chi connectivity index (χ1n) is 25.3. The van der Waals surface area contributed by atoms with Crippen molar-refractivity contribution in [3.63, 3.8) is 0 Å². The average Bonchev–Trinajstić information content (AvgIpc) is 4.09. The number of carbonyl (C=O) groups excluding carboxylic acids is 3. The molecule has 0 aliphatic carbocycles. The lowest BCUT2D eigenvalue weighted by Gasteiger charge is -2.35. The standard InChI is InChI=1S/C56H71FN8O8S/c1-35-27-39(28-36(2)49(35)50-51(64(8)33-60-50)45-15-17-59-46-29-42(57)13-14-44(45)46)31-58-18-20-71-22-24-73-26-25-72-23-21-70-19-16-48(67)63-53(56(5,6)7)55(69)65-32-43(66)30-47(65)54(68)62-37(3)40-9-11-41(12-10-40)52-38(4)61-34-74-52/h9-15,17,27-29,33-34,37,43,47,53,58,66H,16,18-26,30-32H2,1-8H3,(H,62,68)(H,63,67)/t37-,43+,47-,53+/m0/s1. The van der Waals surface area contributed by atoms with Gasteiger partial charge in [-0.05, 0) is 79.1 Å². The molecule has 3 aromatic heterocycles. The lowest BCUT2D eigenvalue weighted by molar-refractivity contribution is -0.144.